The van der Waals surface area contributed by atoms with Crippen LogP contribution < -0.4 is 0 Å². The number of hydrogen-bond acceptors (Lipinski definition) is 1. The van der Waals surface area contributed by atoms with Crippen LogP contribution in [0.25, 0.3) is 0 Å². The molecule has 0 radical (unpaired) electrons. The second-order valence-corrected chi connectivity index (χ2v) is 2.74. The van der Waals surface area contributed by atoms with Gasteiger partial charge in [-0.2, -0.15) is 0 Å². The van der Waals surface area contributed by atoms with E-state index in [1.807, 2.05) is 6.92 Å². The number of alkyl halides is 2. The van der Waals surface area contributed by atoms with Gasteiger partial charge in [-0.05, 0) is 12.8 Å². The quantitative estimate of drug-likeness (QED) is 0.556. The van der Waals surface area contributed by atoms with Crippen LogP contribution in [0.15, 0.2) is 0 Å². The molecule has 1 nitrogen and oxygen atoms in total. The lowest BCUT2D eigenvalue weighted by Gasteiger charge is -2.27. The Labute approximate surface area is 59.4 Å². The molecule has 1 aliphatic heterocycles. The highest BCUT2D eigenvalue weighted by atomic mass is 19.3. The van der Waals surface area contributed by atoms with Crippen molar-refractivity contribution in [2.24, 2.45) is 0 Å². The molecule has 1 saturated heterocycles. The lowest BCUT2D eigenvalue weighted by atomic mass is 10.0. The van der Waals surface area contributed by atoms with Crippen LogP contribution in [-0.2, 0) is 4.74 Å². The van der Waals surface area contributed by atoms with Crippen molar-refractivity contribution < 1.29 is 13.5 Å². The van der Waals surface area contributed by atoms with Gasteiger partial charge in [0, 0.05) is 6.42 Å². The molecule has 0 amide bonds. The van der Waals surface area contributed by atoms with Gasteiger partial charge in [-0.1, -0.05) is 6.92 Å². The highest BCUT2D eigenvalue weighted by Gasteiger charge is 2.34. The minimum atomic E-state index is -2.56. The van der Waals surface area contributed by atoms with E-state index in [4.69, 9.17) is 4.74 Å². The summed E-state index contributed by atoms with van der Waals surface area (Å²) in [6, 6.07) is 0. The highest BCUT2D eigenvalue weighted by Crippen LogP contribution is 2.28. The van der Waals surface area contributed by atoms with Gasteiger partial charge in [-0.15, -0.1) is 0 Å². The molecular formula is C7H12F2O. The Balaban J connectivity index is 2.31. The Morgan fingerprint density at radius 2 is 2.30 bits per heavy atom. The minimum Gasteiger partial charge on any atom is -0.372 e. The summed E-state index contributed by atoms with van der Waals surface area (Å²) >= 11 is 0. The standard InChI is InChI=1S/C7H12F2O/c1-2-6-3-4-7(8,9)5-10-6/h6H,2-5H2,1H3/t6-/m0/s1. The molecule has 1 fully saturated rings. The van der Waals surface area contributed by atoms with Gasteiger partial charge in [0.25, 0.3) is 5.92 Å². The minimum absolute atomic E-state index is 0.00843. The van der Waals surface area contributed by atoms with Crippen molar-refractivity contribution in [3.63, 3.8) is 0 Å². The lowest BCUT2D eigenvalue weighted by molar-refractivity contribution is -0.143. The Morgan fingerprint density at radius 3 is 2.70 bits per heavy atom. The van der Waals surface area contributed by atoms with E-state index < -0.39 is 5.92 Å². The monoisotopic (exact) mass is 150 g/mol. The Hall–Kier alpha value is -0.180. The van der Waals surface area contributed by atoms with Crippen LogP contribution in [0.3, 0.4) is 0 Å². The summed E-state index contributed by atoms with van der Waals surface area (Å²) in [5.41, 5.74) is 0. The number of hydrogen-bond donors (Lipinski definition) is 0. The second kappa shape index (κ2) is 2.82. The fourth-order valence-electron chi connectivity index (χ4n) is 1.09. The largest absolute Gasteiger partial charge is 0.372 e. The van der Waals surface area contributed by atoms with E-state index in [1.165, 1.54) is 0 Å². The zero-order valence-corrected chi connectivity index (χ0v) is 6.07. The van der Waals surface area contributed by atoms with Gasteiger partial charge >= 0.3 is 0 Å². The molecule has 1 aliphatic rings. The molecule has 10 heavy (non-hydrogen) atoms. The summed E-state index contributed by atoms with van der Waals surface area (Å²) in [5, 5.41) is 0. The first-order chi connectivity index (χ1) is 4.64. The lowest BCUT2D eigenvalue weighted by Crippen LogP contribution is -2.34. The van der Waals surface area contributed by atoms with Crippen LogP contribution in [0.5, 0.6) is 0 Å². The van der Waals surface area contributed by atoms with Gasteiger partial charge in [0.15, 0.2) is 0 Å². The topological polar surface area (TPSA) is 9.23 Å². The first-order valence-electron chi connectivity index (χ1n) is 3.63. The summed E-state index contributed by atoms with van der Waals surface area (Å²) < 4.78 is 29.7. The van der Waals surface area contributed by atoms with Crippen LogP contribution in [0, 0.1) is 0 Å². The summed E-state index contributed by atoms with van der Waals surface area (Å²) in [7, 11) is 0. The zero-order chi connectivity index (χ0) is 7.61. The third kappa shape index (κ3) is 1.90. The van der Waals surface area contributed by atoms with Crippen molar-refractivity contribution in [3.05, 3.63) is 0 Å². The molecule has 0 saturated carbocycles. The summed E-state index contributed by atoms with van der Waals surface area (Å²) in [5.74, 6) is -2.56. The van der Waals surface area contributed by atoms with Crippen molar-refractivity contribution in [1.29, 1.82) is 0 Å². The first-order valence-corrected chi connectivity index (χ1v) is 3.63. The Kier molecular flexibility index (Phi) is 2.24. The predicted molar refractivity (Wildman–Crippen MR) is 34.2 cm³/mol. The van der Waals surface area contributed by atoms with E-state index in [2.05, 4.69) is 0 Å². The summed E-state index contributed by atoms with van der Waals surface area (Å²) in [6.45, 7) is 1.57. The number of halogens is 2. The molecule has 0 spiro atoms. The van der Waals surface area contributed by atoms with Crippen LogP contribution in [0.2, 0.25) is 0 Å². The van der Waals surface area contributed by atoms with Gasteiger partial charge in [-0.25, -0.2) is 8.78 Å². The Morgan fingerprint density at radius 1 is 1.60 bits per heavy atom. The van der Waals surface area contributed by atoms with Crippen molar-refractivity contribution >= 4 is 0 Å². The highest BCUT2D eigenvalue weighted by molar-refractivity contribution is 4.74. The predicted octanol–water partition coefficient (Wildman–Crippen LogP) is 2.21. The second-order valence-electron chi connectivity index (χ2n) is 2.74. The van der Waals surface area contributed by atoms with Crippen LogP contribution in [-0.4, -0.2) is 18.6 Å². The molecule has 0 bridgehead atoms. The van der Waals surface area contributed by atoms with Crippen molar-refractivity contribution in [2.75, 3.05) is 6.61 Å². The summed E-state index contributed by atoms with van der Waals surface area (Å²) in [6.07, 6.45) is 1.41. The van der Waals surface area contributed by atoms with Crippen LogP contribution >= 0.6 is 0 Å². The van der Waals surface area contributed by atoms with E-state index in [0.29, 0.717) is 6.42 Å². The molecule has 3 heteroatoms. The average molecular weight is 150 g/mol. The smallest absolute Gasteiger partial charge is 0.271 e. The number of rotatable bonds is 1. The molecule has 0 unspecified atom stereocenters. The summed E-state index contributed by atoms with van der Waals surface area (Å²) in [4.78, 5) is 0. The van der Waals surface area contributed by atoms with E-state index >= 15 is 0 Å². The average Bonchev–Trinajstić information content (AvgIpc) is 1.88. The van der Waals surface area contributed by atoms with Gasteiger partial charge in [0.05, 0.1) is 6.10 Å². The maximum atomic E-state index is 12.4. The van der Waals surface area contributed by atoms with Crippen molar-refractivity contribution in [1.82, 2.24) is 0 Å². The molecule has 0 aliphatic carbocycles. The molecule has 0 N–H and O–H groups in total. The third-order valence-corrected chi connectivity index (χ3v) is 1.82. The molecule has 60 valence electrons. The number of ether oxygens (including phenoxy) is 1. The molecule has 0 aromatic carbocycles. The third-order valence-electron chi connectivity index (χ3n) is 1.82. The van der Waals surface area contributed by atoms with Crippen molar-refractivity contribution in [3.8, 4) is 0 Å². The molecule has 0 aromatic rings. The first kappa shape index (κ1) is 7.92. The van der Waals surface area contributed by atoms with E-state index in [0.717, 1.165) is 6.42 Å². The maximum absolute atomic E-state index is 12.4. The van der Waals surface area contributed by atoms with E-state index in [-0.39, 0.29) is 19.1 Å². The van der Waals surface area contributed by atoms with Crippen LogP contribution in [0.1, 0.15) is 26.2 Å². The molecule has 1 atom stereocenters. The van der Waals surface area contributed by atoms with Crippen molar-refractivity contribution in [2.45, 2.75) is 38.2 Å². The van der Waals surface area contributed by atoms with Gasteiger partial charge in [-0.3, -0.25) is 0 Å². The maximum Gasteiger partial charge on any atom is 0.271 e. The van der Waals surface area contributed by atoms with Gasteiger partial charge in [0.2, 0.25) is 0 Å². The fraction of sp³-hybridized carbons (Fsp3) is 1.00. The fourth-order valence-corrected chi connectivity index (χ4v) is 1.09. The van der Waals surface area contributed by atoms with E-state index in [9.17, 15) is 8.78 Å². The van der Waals surface area contributed by atoms with Gasteiger partial charge in [0.1, 0.15) is 6.61 Å². The van der Waals surface area contributed by atoms with E-state index in [1.54, 1.807) is 0 Å². The van der Waals surface area contributed by atoms with Crippen LogP contribution in [0.4, 0.5) is 8.78 Å². The molecule has 0 aromatic heterocycles. The Bertz CT molecular complexity index is 104. The van der Waals surface area contributed by atoms with Gasteiger partial charge < -0.3 is 4.74 Å². The molecule has 1 heterocycles. The molecular weight excluding hydrogens is 138 g/mol. The SMILES string of the molecule is CC[C@H]1CCC(F)(F)CO1. The molecule has 1 rings (SSSR count). The zero-order valence-electron chi connectivity index (χ0n) is 6.07. The normalized spacial score (nSPS) is 32.1.